The van der Waals surface area contributed by atoms with Gasteiger partial charge in [-0.2, -0.15) is 0 Å². The van der Waals surface area contributed by atoms with Crippen molar-refractivity contribution in [2.75, 3.05) is 5.32 Å². The van der Waals surface area contributed by atoms with E-state index in [9.17, 15) is 18.0 Å². The van der Waals surface area contributed by atoms with Crippen molar-refractivity contribution in [2.45, 2.75) is 17.0 Å². The molecule has 1 aromatic heterocycles. The lowest BCUT2D eigenvalue weighted by Gasteiger charge is -2.10. The maximum Gasteiger partial charge on any atom is 0.573 e. The zero-order valence-corrected chi connectivity index (χ0v) is 17.6. The highest BCUT2D eigenvalue weighted by Crippen LogP contribution is 2.32. The summed E-state index contributed by atoms with van der Waals surface area (Å²) in [4.78, 5) is 13.8. The molecule has 3 rings (SSSR count). The van der Waals surface area contributed by atoms with Gasteiger partial charge in [-0.1, -0.05) is 29.3 Å². The van der Waals surface area contributed by atoms with Crippen molar-refractivity contribution < 1.29 is 22.7 Å². The van der Waals surface area contributed by atoms with Crippen molar-refractivity contribution in [2.24, 2.45) is 0 Å². The van der Waals surface area contributed by atoms with Crippen LogP contribution in [0.5, 0.6) is 5.75 Å². The van der Waals surface area contributed by atoms with Crippen molar-refractivity contribution in [1.82, 2.24) is 0 Å². The van der Waals surface area contributed by atoms with Gasteiger partial charge in [0.25, 0.3) is 5.91 Å². The van der Waals surface area contributed by atoms with Crippen molar-refractivity contribution in [3.8, 4) is 5.75 Å². The Morgan fingerprint density at radius 3 is 2.45 bits per heavy atom. The summed E-state index contributed by atoms with van der Waals surface area (Å²) < 4.78 is 40.4. The molecule has 1 heterocycles. The molecule has 0 fully saturated rings. The van der Waals surface area contributed by atoms with Crippen molar-refractivity contribution in [1.29, 1.82) is 0 Å². The molecule has 29 heavy (non-hydrogen) atoms. The second-order valence-corrected chi connectivity index (χ2v) is 8.43. The number of carbonyl (C=O) groups is 1. The van der Waals surface area contributed by atoms with Gasteiger partial charge in [-0.15, -0.1) is 36.3 Å². The van der Waals surface area contributed by atoms with Crippen LogP contribution in [0.25, 0.3) is 0 Å². The molecular formula is C19H12Cl2F3NO2S2. The van der Waals surface area contributed by atoms with E-state index in [-0.39, 0.29) is 11.7 Å². The van der Waals surface area contributed by atoms with E-state index in [2.05, 4.69) is 10.1 Å². The summed E-state index contributed by atoms with van der Waals surface area (Å²) in [6.45, 7) is 0. The van der Waals surface area contributed by atoms with Crippen LogP contribution in [0.2, 0.25) is 10.0 Å². The number of rotatable bonds is 6. The molecule has 0 spiro atoms. The van der Waals surface area contributed by atoms with Gasteiger partial charge < -0.3 is 10.1 Å². The molecule has 0 saturated carbocycles. The van der Waals surface area contributed by atoms with Crippen LogP contribution in [-0.4, -0.2) is 12.3 Å². The average Bonchev–Trinajstić information content (AvgIpc) is 3.12. The van der Waals surface area contributed by atoms with E-state index >= 15 is 0 Å². The van der Waals surface area contributed by atoms with Gasteiger partial charge in [0.2, 0.25) is 0 Å². The van der Waals surface area contributed by atoms with Crippen LogP contribution >= 0.6 is 46.3 Å². The number of thioether (sulfide) groups is 1. The number of ether oxygens (including phenoxy) is 1. The lowest BCUT2D eigenvalue weighted by molar-refractivity contribution is -0.274. The van der Waals surface area contributed by atoms with Gasteiger partial charge >= 0.3 is 6.36 Å². The minimum absolute atomic E-state index is 0.346. The molecule has 0 atom stereocenters. The van der Waals surface area contributed by atoms with E-state index in [1.807, 2.05) is 12.1 Å². The van der Waals surface area contributed by atoms with Gasteiger partial charge in [-0.25, -0.2) is 0 Å². The molecular weight excluding hydrogens is 466 g/mol. The fourth-order valence-electron chi connectivity index (χ4n) is 2.30. The molecule has 0 saturated heterocycles. The number of amides is 1. The summed E-state index contributed by atoms with van der Waals surface area (Å²) in [5, 5.41) is 5.41. The highest BCUT2D eigenvalue weighted by Gasteiger charge is 2.31. The number of thiophene rings is 1. The molecule has 3 aromatic rings. The zero-order valence-electron chi connectivity index (χ0n) is 14.4. The standard InChI is InChI=1S/C19H12Cl2F3NO2S2/c20-14-6-1-11(9-15(14)21)10-29-16-7-8-28-17(16)18(26)25-12-2-4-13(5-3-12)27-19(22,23)24/h1-9H,10H2,(H,25,26). The quantitative estimate of drug-likeness (QED) is 0.373. The molecule has 0 aliphatic rings. The van der Waals surface area contributed by atoms with E-state index in [0.29, 0.717) is 26.4 Å². The number of hydrogen-bond acceptors (Lipinski definition) is 4. The van der Waals surface area contributed by atoms with Crippen LogP contribution in [0.1, 0.15) is 15.2 Å². The van der Waals surface area contributed by atoms with Gasteiger partial charge in [0, 0.05) is 16.3 Å². The molecule has 0 aliphatic carbocycles. The minimum Gasteiger partial charge on any atom is -0.406 e. The maximum atomic E-state index is 12.6. The first-order valence-electron chi connectivity index (χ1n) is 8.02. The Morgan fingerprint density at radius 1 is 1.07 bits per heavy atom. The van der Waals surface area contributed by atoms with Crippen molar-refractivity contribution in [3.05, 3.63) is 74.4 Å². The maximum absolute atomic E-state index is 12.6. The number of hydrogen-bond donors (Lipinski definition) is 1. The number of alkyl halides is 3. The molecule has 152 valence electrons. The first-order chi connectivity index (χ1) is 13.7. The smallest absolute Gasteiger partial charge is 0.406 e. The molecule has 1 amide bonds. The van der Waals surface area contributed by atoms with E-state index in [4.69, 9.17) is 23.2 Å². The number of carbonyl (C=O) groups excluding carboxylic acids is 1. The second-order valence-electron chi connectivity index (χ2n) is 5.68. The Balaban J connectivity index is 1.63. The largest absolute Gasteiger partial charge is 0.573 e. The van der Waals surface area contributed by atoms with Crippen LogP contribution < -0.4 is 10.1 Å². The second kappa shape index (κ2) is 9.30. The lowest BCUT2D eigenvalue weighted by Crippen LogP contribution is -2.17. The molecule has 0 bridgehead atoms. The van der Waals surface area contributed by atoms with E-state index in [0.717, 1.165) is 22.6 Å². The van der Waals surface area contributed by atoms with Crippen LogP contribution in [0.4, 0.5) is 18.9 Å². The fraction of sp³-hybridized carbons (Fsp3) is 0.105. The van der Waals surface area contributed by atoms with E-state index in [1.165, 1.54) is 35.2 Å². The number of benzene rings is 2. The summed E-state index contributed by atoms with van der Waals surface area (Å²) >= 11 is 14.7. The highest BCUT2D eigenvalue weighted by molar-refractivity contribution is 7.98. The zero-order chi connectivity index (χ0) is 21.0. The molecule has 0 unspecified atom stereocenters. The molecule has 0 aliphatic heterocycles. The Morgan fingerprint density at radius 2 is 1.79 bits per heavy atom. The SMILES string of the molecule is O=C(Nc1ccc(OC(F)(F)F)cc1)c1sccc1SCc1ccc(Cl)c(Cl)c1. The Kier molecular flexibility index (Phi) is 7.00. The predicted molar refractivity (Wildman–Crippen MR) is 111 cm³/mol. The number of nitrogens with one attached hydrogen (secondary N) is 1. The summed E-state index contributed by atoms with van der Waals surface area (Å²) in [5.41, 5.74) is 1.32. The topological polar surface area (TPSA) is 38.3 Å². The first kappa shape index (κ1) is 21.8. The third-order valence-electron chi connectivity index (χ3n) is 3.56. The predicted octanol–water partition coefficient (Wildman–Crippen LogP) is 7.50. The van der Waals surface area contributed by atoms with Gasteiger partial charge in [-0.3, -0.25) is 4.79 Å². The number of anilines is 1. The Hall–Kier alpha value is -1.87. The van der Waals surface area contributed by atoms with E-state index < -0.39 is 6.36 Å². The van der Waals surface area contributed by atoms with Crippen LogP contribution in [0.3, 0.4) is 0 Å². The van der Waals surface area contributed by atoms with Crippen molar-refractivity contribution in [3.63, 3.8) is 0 Å². The minimum atomic E-state index is -4.76. The molecule has 1 N–H and O–H groups in total. The van der Waals surface area contributed by atoms with Gasteiger partial charge in [-0.05, 0) is 53.4 Å². The molecule has 3 nitrogen and oxygen atoms in total. The normalized spacial score (nSPS) is 11.3. The number of halogens is 5. The van der Waals surface area contributed by atoms with Crippen LogP contribution in [0.15, 0.2) is 58.8 Å². The molecule has 0 radical (unpaired) electrons. The molecule has 2 aromatic carbocycles. The molecule has 10 heteroatoms. The monoisotopic (exact) mass is 477 g/mol. The van der Waals surface area contributed by atoms with Gasteiger partial charge in [0.15, 0.2) is 0 Å². The highest BCUT2D eigenvalue weighted by atomic mass is 35.5. The van der Waals surface area contributed by atoms with Crippen LogP contribution in [0, 0.1) is 0 Å². The van der Waals surface area contributed by atoms with Crippen LogP contribution in [-0.2, 0) is 5.75 Å². The summed E-state index contributed by atoms with van der Waals surface area (Å²) in [6.07, 6.45) is -4.76. The average molecular weight is 478 g/mol. The van der Waals surface area contributed by atoms with Gasteiger partial charge in [0.05, 0.1) is 10.0 Å². The van der Waals surface area contributed by atoms with Crippen molar-refractivity contribution >= 4 is 57.9 Å². The van der Waals surface area contributed by atoms with Gasteiger partial charge in [0.1, 0.15) is 10.6 Å². The Bertz CT molecular complexity index is 1010. The summed E-state index contributed by atoms with van der Waals surface area (Å²) in [7, 11) is 0. The summed E-state index contributed by atoms with van der Waals surface area (Å²) in [5.74, 6) is -0.109. The lowest BCUT2D eigenvalue weighted by atomic mass is 10.2. The fourth-order valence-corrected chi connectivity index (χ4v) is 4.60. The van der Waals surface area contributed by atoms with E-state index in [1.54, 1.807) is 17.5 Å². The Labute approximate surface area is 182 Å². The summed E-state index contributed by atoms with van der Waals surface area (Å²) in [6, 6.07) is 12.1. The first-order valence-corrected chi connectivity index (χ1v) is 10.6. The third-order valence-corrected chi connectivity index (χ3v) is 6.47. The third kappa shape index (κ3) is 6.30.